The van der Waals surface area contributed by atoms with Gasteiger partial charge in [-0.3, -0.25) is 4.79 Å². The summed E-state index contributed by atoms with van der Waals surface area (Å²) < 4.78 is 15.8. The first kappa shape index (κ1) is 21.7. The summed E-state index contributed by atoms with van der Waals surface area (Å²) in [7, 11) is 0. The number of benzene rings is 1. The van der Waals surface area contributed by atoms with Gasteiger partial charge in [-0.05, 0) is 30.7 Å². The van der Waals surface area contributed by atoms with Gasteiger partial charge in [-0.2, -0.15) is 0 Å². The van der Waals surface area contributed by atoms with Gasteiger partial charge in [0.15, 0.2) is 5.43 Å². The minimum Gasteiger partial charge on any atom is -0.508 e. The zero-order valence-electron chi connectivity index (χ0n) is 16.0. The molecule has 2 heterocycles. The Morgan fingerprint density at radius 2 is 1.80 bits per heavy atom. The third-order valence-corrected chi connectivity index (χ3v) is 4.80. The number of aliphatic hydroxyl groups is 3. The van der Waals surface area contributed by atoms with Crippen molar-refractivity contribution in [1.82, 2.24) is 0 Å². The van der Waals surface area contributed by atoms with Crippen molar-refractivity contribution in [3.8, 4) is 5.75 Å². The summed E-state index contributed by atoms with van der Waals surface area (Å²) in [6.45, 7) is 1.09. The van der Waals surface area contributed by atoms with Crippen LogP contribution < -0.4 is 5.43 Å². The van der Waals surface area contributed by atoms with Crippen molar-refractivity contribution in [2.24, 2.45) is 0 Å². The average Bonchev–Trinajstić information content (AvgIpc) is 2.72. The van der Waals surface area contributed by atoms with E-state index >= 15 is 0 Å². The molecule has 30 heavy (non-hydrogen) atoms. The van der Waals surface area contributed by atoms with Crippen LogP contribution >= 0.6 is 0 Å². The van der Waals surface area contributed by atoms with Gasteiger partial charge in [0, 0.05) is 12.1 Å². The Morgan fingerprint density at radius 3 is 2.47 bits per heavy atom. The van der Waals surface area contributed by atoms with E-state index in [0.717, 1.165) is 12.1 Å². The first-order chi connectivity index (χ1) is 14.3. The first-order valence-corrected chi connectivity index (χ1v) is 9.19. The van der Waals surface area contributed by atoms with Crippen molar-refractivity contribution >= 4 is 12.0 Å². The van der Waals surface area contributed by atoms with Crippen LogP contribution in [0.25, 0.3) is 6.08 Å². The Bertz CT molecular complexity index is 963. The van der Waals surface area contributed by atoms with Crippen molar-refractivity contribution in [1.29, 1.82) is 0 Å². The molecule has 0 amide bonds. The Balaban J connectivity index is 1.68. The third-order valence-electron chi connectivity index (χ3n) is 4.80. The van der Waals surface area contributed by atoms with E-state index in [1.54, 1.807) is 12.1 Å². The second kappa shape index (κ2) is 9.23. The van der Waals surface area contributed by atoms with Gasteiger partial charge in [-0.25, -0.2) is 4.79 Å². The molecule has 160 valence electrons. The highest BCUT2D eigenvalue weighted by Gasteiger charge is 2.46. The van der Waals surface area contributed by atoms with E-state index in [1.165, 1.54) is 31.4 Å². The number of ether oxygens (including phenoxy) is 2. The number of aliphatic hydroxyl groups excluding tert-OH is 3. The van der Waals surface area contributed by atoms with Crippen LogP contribution in [-0.4, -0.2) is 57.4 Å². The largest absolute Gasteiger partial charge is 0.508 e. The molecule has 0 saturated carbocycles. The average molecular weight is 418 g/mol. The summed E-state index contributed by atoms with van der Waals surface area (Å²) in [5.41, 5.74) is 0.210. The fraction of sp³-hybridized carbons (Fsp3) is 0.333. The summed E-state index contributed by atoms with van der Waals surface area (Å²) in [6, 6.07) is 7.28. The van der Waals surface area contributed by atoms with Crippen LogP contribution in [0.4, 0.5) is 0 Å². The molecule has 9 nitrogen and oxygen atoms in total. The maximum absolute atomic E-state index is 12.2. The predicted octanol–water partition coefficient (Wildman–Crippen LogP) is 0.433. The topological polar surface area (TPSA) is 147 Å². The van der Waals surface area contributed by atoms with E-state index in [0.29, 0.717) is 5.56 Å². The van der Waals surface area contributed by atoms with Crippen molar-refractivity contribution in [3.05, 3.63) is 69.8 Å². The second-order valence-electron chi connectivity index (χ2n) is 6.88. The number of carbonyl (C=O) groups is 1. The molecule has 1 fully saturated rings. The lowest BCUT2D eigenvalue weighted by atomic mass is 9.91. The van der Waals surface area contributed by atoms with Gasteiger partial charge in [0.25, 0.3) is 0 Å². The van der Waals surface area contributed by atoms with E-state index in [2.05, 4.69) is 0 Å². The lowest BCUT2D eigenvalue weighted by Gasteiger charge is -2.40. The number of hydrogen-bond acceptors (Lipinski definition) is 9. The van der Waals surface area contributed by atoms with Crippen LogP contribution in [0, 0.1) is 6.92 Å². The highest BCUT2D eigenvalue weighted by atomic mass is 16.6. The number of aryl methyl sites for hydroxylation is 1. The zero-order valence-corrected chi connectivity index (χ0v) is 16.0. The standard InChI is InChI=1S/C21H22O9/c1-11-17(14(23)8-9-28-11)21-20(27)19(26)18(25)15(30-21)10-29-16(24)7-4-12-2-5-13(22)6-3-12/h2-9,15,18-22,25-27H,10H2,1H3/b7-4+/t15-,18-,19+,20-,21+/m1/s1. The summed E-state index contributed by atoms with van der Waals surface area (Å²) in [6.07, 6.45) is -3.37. The van der Waals surface area contributed by atoms with Crippen LogP contribution in [0.5, 0.6) is 5.75 Å². The van der Waals surface area contributed by atoms with Gasteiger partial charge < -0.3 is 34.3 Å². The maximum atomic E-state index is 12.2. The number of rotatable bonds is 5. The summed E-state index contributed by atoms with van der Waals surface area (Å²) in [5, 5.41) is 39.9. The Hall–Kier alpha value is -2.98. The number of carbonyl (C=O) groups excluding carboxylic acids is 1. The van der Waals surface area contributed by atoms with Gasteiger partial charge in [0.05, 0.1) is 11.8 Å². The van der Waals surface area contributed by atoms with Gasteiger partial charge >= 0.3 is 5.97 Å². The predicted molar refractivity (Wildman–Crippen MR) is 103 cm³/mol. The van der Waals surface area contributed by atoms with E-state index in [1.807, 2.05) is 0 Å². The van der Waals surface area contributed by atoms with Crippen molar-refractivity contribution in [2.45, 2.75) is 37.4 Å². The molecule has 0 aliphatic carbocycles. The van der Waals surface area contributed by atoms with E-state index in [4.69, 9.17) is 13.9 Å². The Labute approximate surface area is 171 Å². The van der Waals surface area contributed by atoms with Crippen LogP contribution in [0.3, 0.4) is 0 Å². The first-order valence-electron chi connectivity index (χ1n) is 9.19. The molecule has 1 aliphatic rings. The number of aromatic hydroxyl groups is 1. The van der Waals surface area contributed by atoms with E-state index in [-0.39, 0.29) is 17.1 Å². The monoisotopic (exact) mass is 418 g/mol. The molecule has 1 saturated heterocycles. The molecular formula is C21H22O9. The van der Waals surface area contributed by atoms with Crippen LogP contribution in [0.15, 0.2) is 51.9 Å². The molecule has 4 N–H and O–H groups in total. The van der Waals surface area contributed by atoms with Crippen LogP contribution in [0.1, 0.15) is 23.0 Å². The highest BCUT2D eigenvalue weighted by molar-refractivity contribution is 5.87. The summed E-state index contributed by atoms with van der Waals surface area (Å²) >= 11 is 0. The molecule has 1 aromatic heterocycles. The highest BCUT2D eigenvalue weighted by Crippen LogP contribution is 2.32. The molecule has 2 aromatic rings. The third kappa shape index (κ3) is 4.77. The normalized spacial score (nSPS) is 26.6. The minimum atomic E-state index is -1.63. The molecule has 5 atom stereocenters. The van der Waals surface area contributed by atoms with E-state index in [9.17, 15) is 30.0 Å². The minimum absolute atomic E-state index is 0.0134. The fourth-order valence-electron chi connectivity index (χ4n) is 3.15. The SMILES string of the molecule is Cc1occc(=O)c1[C@@H]1O[C@H](COC(=O)/C=C/c2ccc(O)cc2)[C@@H](O)[C@H](O)[C@H]1O. The molecular weight excluding hydrogens is 396 g/mol. The summed E-state index contributed by atoms with van der Waals surface area (Å²) in [5.74, 6) is -0.440. The van der Waals surface area contributed by atoms with Crippen molar-refractivity contribution in [2.75, 3.05) is 6.61 Å². The molecule has 1 aromatic carbocycles. The molecule has 1 aliphatic heterocycles. The molecule has 3 rings (SSSR count). The van der Waals surface area contributed by atoms with Crippen LogP contribution in [0.2, 0.25) is 0 Å². The van der Waals surface area contributed by atoms with Gasteiger partial charge in [0.1, 0.15) is 48.6 Å². The van der Waals surface area contributed by atoms with Gasteiger partial charge in [-0.15, -0.1) is 0 Å². The Kier molecular flexibility index (Phi) is 6.68. The lowest BCUT2D eigenvalue weighted by molar-refractivity contribution is -0.234. The number of esters is 1. The van der Waals surface area contributed by atoms with Crippen molar-refractivity contribution in [3.63, 3.8) is 0 Å². The molecule has 0 radical (unpaired) electrons. The smallest absolute Gasteiger partial charge is 0.330 e. The fourth-order valence-corrected chi connectivity index (χ4v) is 3.15. The second-order valence-corrected chi connectivity index (χ2v) is 6.88. The molecule has 9 heteroatoms. The van der Waals surface area contributed by atoms with Crippen LogP contribution in [-0.2, 0) is 14.3 Å². The molecule has 0 bridgehead atoms. The molecule has 0 spiro atoms. The lowest BCUT2D eigenvalue weighted by Crippen LogP contribution is -2.56. The Morgan fingerprint density at radius 1 is 1.10 bits per heavy atom. The molecule has 0 unspecified atom stereocenters. The van der Waals surface area contributed by atoms with E-state index < -0.39 is 48.5 Å². The number of phenols is 1. The zero-order chi connectivity index (χ0) is 21.8. The maximum Gasteiger partial charge on any atom is 0.330 e. The quantitative estimate of drug-likeness (QED) is 0.401. The van der Waals surface area contributed by atoms with Crippen molar-refractivity contribution < 1.29 is 39.1 Å². The number of hydrogen-bond donors (Lipinski definition) is 4. The van der Waals surface area contributed by atoms with Gasteiger partial charge in [0.2, 0.25) is 0 Å². The summed E-state index contributed by atoms with van der Waals surface area (Å²) in [4.78, 5) is 24.1. The van der Waals surface area contributed by atoms with Gasteiger partial charge in [-0.1, -0.05) is 12.1 Å². The number of phenolic OH excluding ortho intramolecular Hbond substituents is 1.